The van der Waals surface area contributed by atoms with Crippen LogP contribution in [-0.4, -0.2) is 35.3 Å². The molecule has 7 heteroatoms. The number of carbonyl (C=O) groups is 1. The highest BCUT2D eigenvalue weighted by Gasteiger charge is 2.29. The number of carbonyl (C=O) groups excluding carboxylic acids is 1. The summed E-state index contributed by atoms with van der Waals surface area (Å²) >= 11 is 0. The van der Waals surface area contributed by atoms with Crippen LogP contribution < -0.4 is 5.46 Å². The van der Waals surface area contributed by atoms with Crippen molar-refractivity contribution in [2.75, 3.05) is 0 Å². The standard InChI is InChI=1S/C18H12BN3O3/c1-9(23)25-22-16-12-4-2-3-5-13(12)20-17(16)15-11-7-6-10(19)8-14(11)21-18(15)24/h2-8,21,24H,1H3. The van der Waals surface area contributed by atoms with Gasteiger partial charge < -0.3 is 14.9 Å². The van der Waals surface area contributed by atoms with E-state index in [0.717, 1.165) is 10.9 Å². The topological polar surface area (TPSA) is 87.0 Å². The first-order valence-electron chi connectivity index (χ1n) is 7.59. The van der Waals surface area contributed by atoms with E-state index in [1.807, 2.05) is 24.3 Å². The van der Waals surface area contributed by atoms with Gasteiger partial charge in [-0.1, -0.05) is 41.0 Å². The van der Waals surface area contributed by atoms with E-state index in [0.29, 0.717) is 33.7 Å². The van der Waals surface area contributed by atoms with Crippen LogP contribution in [0.15, 0.2) is 52.6 Å². The Hall–Kier alpha value is -3.35. The van der Waals surface area contributed by atoms with Crippen molar-refractivity contribution in [2.45, 2.75) is 6.92 Å². The van der Waals surface area contributed by atoms with Gasteiger partial charge in [-0.15, -0.1) is 0 Å². The number of oxime groups is 1. The molecular weight excluding hydrogens is 317 g/mol. The van der Waals surface area contributed by atoms with Crippen LogP contribution in [0.25, 0.3) is 10.9 Å². The maximum atomic E-state index is 11.2. The number of aromatic nitrogens is 1. The molecule has 0 bridgehead atoms. The van der Waals surface area contributed by atoms with Gasteiger partial charge in [-0.3, -0.25) is 0 Å². The predicted molar refractivity (Wildman–Crippen MR) is 96.3 cm³/mol. The molecule has 1 aromatic heterocycles. The van der Waals surface area contributed by atoms with Gasteiger partial charge in [0.15, 0.2) is 5.88 Å². The molecule has 2 aromatic carbocycles. The number of nitrogens with one attached hydrogen (secondary N) is 1. The molecule has 0 saturated heterocycles. The molecule has 6 nitrogen and oxygen atoms in total. The van der Waals surface area contributed by atoms with Crippen LogP contribution in [0.2, 0.25) is 0 Å². The van der Waals surface area contributed by atoms with Gasteiger partial charge in [0.1, 0.15) is 19.3 Å². The Kier molecular flexibility index (Phi) is 3.42. The number of hydrogen-bond acceptors (Lipinski definition) is 5. The van der Waals surface area contributed by atoms with E-state index in [4.69, 9.17) is 12.7 Å². The van der Waals surface area contributed by atoms with E-state index < -0.39 is 5.97 Å². The molecule has 0 fully saturated rings. The Morgan fingerprint density at radius 2 is 2.08 bits per heavy atom. The Morgan fingerprint density at radius 1 is 1.28 bits per heavy atom. The first-order valence-corrected chi connectivity index (χ1v) is 7.59. The number of fused-ring (bicyclic) bond motifs is 2. The molecule has 2 radical (unpaired) electrons. The highest BCUT2D eigenvalue weighted by molar-refractivity contribution is 6.58. The number of aromatic amines is 1. The maximum absolute atomic E-state index is 11.2. The summed E-state index contributed by atoms with van der Waals surface area (Å²) < 4.78 is 0. The molecule has 0 spiro atoms. The normalized spacial score (nSPS) is 14.6. The van der Waals surface area contributed by atoms with Crippen LogP contribution in [0.3, 0.4) is 0 Å². The van der Waals surface area contributed by atoms with Gasteiger partial charge in [-0.05, 0) is 12.1 Å². The number of benzene rings is 2. The zero-order valence-corrected chi connectivity index (χ0v) is 13.3. The molecule has 0 aliphatic carbocycles. The lowest BCUT2D eigenvalue weighted by molar-refractivity contribution is -0.140. The summed E-state index contributed by atoms with van der Waals surface area (Å²) in [6.45, 7) is 1.27. The van der Waals surface area contributed by atoms with Crippen LogP contribution in [0.1, 0.15) is 18.1 Å². The predicted octanol–water partition coefficient (Wildman–Crippen LogP) is 2.07. The lowest BCUT2D eigenvalue weighted by Crippen LogP contribution is -2.14. The van der Waals surface area contributed by atoms with Crippen molar-refractivity contribution in [2.24, 2.45) is 10.1 Å². The first-order chi connectivity index (χ1) is 12.0. The molecule has 4 rings (SSSR count). The SMILES string of the molecule is [B]c1ccc2c(C3=Nc4ccccc4C3=NOC(C)=O)c(O)[nH]c2c1. The summed E-state index contributed by atoms with van der Waals surface area (Å²) in [7, 11) is 5.80. The second-order valence-electron chi connectivity index (χ2n) is 5.65. The van der Waals surface area contributed by atoms with E-state index in [1.165, 1.54) is 6.92 Å². The minimum absolute atomic E-state index is 0.0531. The van der Waals surface area contributed by atoms with E-state index in [9.17, 15) is 9.90 Å². The molecule has 0 unspecified atom stereocenters. The van der Waals surface area contributed by atoms with Gasteiger partial charge in [0.2, 0.25) is 0 Å². The minimum atomic E-state index is -0.535. The Balaban J connectivity index is 1.94. The molecule has 0 amide bonds. The second-order valence-corrected chi connectivity index (χ2v) is 5.65. The van der Waals surface area contributed by atoms with Crippen LogP contribution in [-0.2, 0) is 9.63 Å². The largest absolute Gasteiger partial charge is 0.494 e. The summed E-state index contributed by atoms with van der Waals surface area (Å²) in [6.07, 6.45) is 0. The fraction of sp³-hybridized carbons (Fsp3) is 0.0556. The Morgan fingerprint density at radius 3 is 2.88 bits per heavy atom. The zero-order valence-electron chi connectivity index (χ0n) is 13.3. The molecule has 25 heavy (non-hydrogen) atoms. The first kappa shape index (κ1) is 15.2. The fourth-order valence-corrected chi connectivity index (χ4v) is 2.89. The number of rotatable bonds is 2. The summed E-state index contributed by atoms with van der Waals surface area (Å²) in [4.78, 5) is 23.5. The monoisotopic (exact) mass is 329 g/mol. The Labute approximate surface area is 144 Å². The lowest BCUT2D eigenvalue weighted by atomic mass is 9.94. The van der Waals surface area contributed by atoms with Crippen molar-refractivity contribution in [1.82, 2.24) is 4.98 Å². The smallest absolute Gasteiger partial charge is 0.332 e. The third kappa shape index (κ3) is 2.50. The van der Waals surface area contributed by atoms with Gasteiger partial charge in [0.05, 0.1) is 11.3 Å². The van der Waals surface area contributed by atoms with Crippen LogP contribution >= 0.6 is 0 Å². The van der Waals surface area contributed by atoms with Crippen molar-refractivity contribution in [3.63, 3.8) is 0 Å². The van der Waals surface area contributed by atoms with E-state index >= 15 is 0 Å². The van der Waals surface area contributed by atoms with Gasteiger partial charge in [0.25, 0.3) is 0 Å². The van der Waals surface area contributed by atoms with Gasteiger partial charge in [-0.25, -0.2) is 9.79 Å². The summed E-state index contributed by atoms with van der Waals surface area (Å²) in [6, 6.07) is 12.6. The van der Waals surface area contributed by atoms with Crippen molar-refractivity contribution in [1.29, 1.82) is 0 Å². The number of para-hydroxylation sites is 1. The van der Waals surface area contributed by atoms with Crippen molar-refractivity contribution < 1.29 is 14.7 Å². The number of aromatic hydroxyl groups is 1. The molecule has 0 atom stereocenters. The third-order valence-electron chi connectivity index (χ3n) is 3.92. The summed E-state index contributed by atoms with van der Waals surface area (Å²) in [5, 5.41) is 15.1. The third-order valence-corrected chi connectivity index (χ3v) is 3.92. The number of aliphatic imine (C=N–C) groups is 1. The maximum Gasteiger partial charge on any atom is 0.332 e. The molecule has 120 valence electrons. The number of H-pyrrole nitrogens is 1. The molecule has 0 saturated carbocycles. The van der Waals surface area contributed by atoms with E-state index in [2.05, 4.69) is 15.1 Å². The van der Waals surface area contributed by atoms with Crippen LogP contribution in [0.5, 0.6) is 5.88 Å². The molecule has 3 aromatic rings. The fourth-order valence-electron chi connectivity index (χ4n) is 2.89. The average Bonchev–Trinajstić information content (AvgIpc) is 3.08. The number of nitrogens with zero attached hydrogens (tertiary/aromatic N) is 2. The quantitative estimate of drug-likeness (QED) is 0.429. The van der Waals surface area contributed by atoms with Crippen molar-refractivity contribution in [3.05, 3.63) is 53.6 Å². The Bertz CT molecular complexity index is 1080. The van der Waals surface area contributed by atoms with Gasteiger partial charge >= 0.3 is 5.97 Å². The average molecular weight is 329 g/mol. The minimum Gasteiger partial charge on any atom is -0.494 e. The second kappa shape index (κ2) is 5.63. The molecule has 2 N–H and O–H groups in total. The highest BCUT2D eigenvalue weighted by atomic mass is 16.7. The van der Waals surface area contributed by atoms with Crippen LogP contribution in [0, 0.1) is 0 Å². The zero-order chi connectivity index (χ0) is 17.6. The lowest BCUT2D eigenvalue weighted by Gasteiger charge is -2.04. The highest BCUT2D eigenvalue weighted by Crippen LogP contribution is 2.35. The van der Waals surface area contributed by atoms with Crippen molar-refractivity contribution >= 4 is 47.3 Å². The number of hydrogen-bond donors (Lipinski definition) is 2. The molecule has 2 heterocycles. The molecule has 1 aliphatic rings. The molecule has 1 aliphatic heterocycles. The van der Waals surface area contributed by atoms with Crippen molar-refractivity contribution in [3.8, 4) is 5.88 Å². The molecular formula is C18H12BN3O3. The van der Waals surface area contributed by atoms with Crippen LogP contribution in [0.4, 0.5) is 5.69 Å². The van der Waals surface area contributed by atoms with Gasteiger partial charge in [0, 0.05) is 23.4 Å². The summed E-state index contributed by atoms with van der Waals surface area (Å²) in [5.74, 6) is -0.588. The van der Waals surface area contributed by atoms with E-state index in [-0.39, 0.29) is 5.88 Å². The summed E-state index contributed by atoms with van der Waals surface area (Å²) in [5.41, 5.74) is 3.96. The van der Waals surface area contributed by atoms with Gasteiger partial charge in [-0.2, -0.15) is 0 Å². The van der Waals surface area contributed by atoms with E-state index in [1.54, 1.807) is 18.2 Å².